The minimum atomic E-state index is 0.401. The van der Waals surface area contributed by atoms with E-state index in [9.17, 15) is 0 Å². The first-order chi connectivity index (χ1) is 18.9. The molecule has 0 aliphatic heterocycles. The lowest BCUT2D eigenvalue weighted by Crippen LogP contribution is -2.14. The Hall–Kier alpha value is -2.86. The van der Waals surface area contributed by atoms with Gasteiger partial charge in [-0.3, -0.25) is 0 Å². The summed E-state index contributed by atoms with van der Waals surface area (Å²) >= 11 is 0. The van der Waals surface area contributed by atoms with Crippen molar-refractivity contribution in [1.29, 1.82) is 0 Å². The van der Waals surface area contributed by atoms with Gasteiger partial charge in [-0.2, -0.15) is 0 Å². The summed E-state index contributed by atoms with van der Waals surface area (Å²) in [5.74, 6) is 0.401. The quantitative estimate of drug-likeness (QED) is 0.217. The second-order valence-electron chi connectivity index (χ2n) is 12.1. The number of allylic oxidation sites excluding steroid dienone is 10. The molecule has 1 fully saturated rings. The van der Waals surface area contributed by atoms with Gasteiger partial charge in [-0.25, -0.2) is 0 Å². The van der Waals surface area contributed by atoms with Crippen LogP contribution in [0.25, 0.3) is 5.57 Å². The first kappa shape index (κ1) is 29.1. The van der Waals surface area contributed by atoms with Gasteiger partial charge in [-0.1, -0.05) is 102 Å². The molecule has 0 bridgehead atoms. The summed E-state index contributed by atoms with van der Waals surface area (Å²) in [5, 5.41) is 0. The molecule has 0 N–H and O–H groups in total. The third-order valence-electron chi connectivity index (χ3n) is 8.73. The van der Waals surface area contributed by atoms with Crippen LogP contribution >= 0.6 is 0 Å². The van der Waals surface area contributed by atoms with E-state index in [1.54, 1.807) is 22.3 Å². The summed E-state index contributed by atoms with van der Waals surface area (Å²) in [4.78, 5) is 0. The Bertz CT molecular complexity index is 1260. The highest BCUT2D eigenvalue weighted by atomic mass is 14.3. The summed E-state index contributed by atoms with van der Waals surface area (Å²) in [6.07, 6.45) is 17.4. The van der Waals surface area contributed by atoms with Crippen LogP contribution in [0.2, 0.25) is 0 Å². The average molecular weight is 519 g/mol. The Labute approximate surface area is 239 Å². The lowest BCUT2D eigenvalue weighted by Gasteiger charge is -2.31. The van der Waals surface area contributed by atoms with E-state index in [-0.39, 0.29) is 0 Å². The smallest absolute Gasteiger partial charge is 0.00326 e. The maximum atomic E-state index is 2.67. The highest BCUT2D eigenvalue weighted by molar-refractivity contribution is 5.89. The molecule has 4 rings (SSSR count). The van der Waals surface area contributed by atoms with Crippen molar-refractivity contribution in [3.8, 4) is 0 Å². The van der Waals surface area contributed by atoms with Gasteiger partial charge in [0.15, 0.2) is 0 Å². The molecule has 2 aliphatic rings. The van der Waals surface area contributed by atoms with Crippen molar-refractivity contribution in [3.05, 3.63) is 122 Å². The fraction of sp³-hybridized carbons (Fsp3) is 0.436. The Balaban J connectivity index is 2.00. The van der Waals surface area contributed by atoms with E-state index in [0.717, 1.165) is 19.3 Å². The number of hydrogen-bond donors (Lipinski definition) is 0. The lowest BCUT2D eigenvalue weighted by atomic mass is 9.74. The molecule has 0 radical (unpaired) electrons. The van der Waals surface area contributed by atoms with Crippen molar-refractivity contribution in [1.82, 2.24) is 0 Å². The van der Waals surface area contributed by atoms with Crippen molar-refractivity contribution in [2.75, 3.05) is 0 Å². The first-order valence-electron chi connectivity index (χ1n) is 15.5. The standard InChI is InChI=1S/C39H50/c1-7-14-31(6)38(35(27-33-18-13-19-33)26-23-32-16-9-8-10-17-32)39(34-24-21-29(4)22-25-34)37(28(2)3)36-20-12-11-15-30(36)5/h8-10,14,16-17,21-22,24-25,27,35H,7,11-13,15,18-20,23,26H2,1-6H3/b31-14+,39-38+. The van der Waals surface area contributed by atoms with Crippen molar-refractivity contribution in [2.24, 2.45) is 5.92 Å². The molecule has 0 amide bonds. The van der Waals surface area contributed by atoms with Crippen molar-refractivity contribution in [2.45, 2.75) is 106 Å². The second kappa shape index (κ2) is 14.0. The van der Waals surface area contributed by atoms with Crippen molar-refractivity contribution in [3.63, 3.8) is 0 Å². The molecular weight excluding hydrogens is 468 g/mol. The number of benzene rings is 2. The molecule has 206 valence electrons. The van der Waals surface area contributed by atoms with Gasteiger partial charge in [0, 0.05) is 5.92 Å². The largest absolute Gasteiger partial charge is 0.0816 e. The van der Waals surface area contributed by atoms with Gasteiger partial charge < -0.3 is 0 Å². The molecule has 2 aromatic rings. The van der Waals surface area contributed by atoms with Crippen LogP contribution in [0, 0.1) is 12.8 Å². The Morgan fingerprint density at radius 3 is 2.08 bits per heavy atom. The van der Waals surface area contributed by atoms with Gasteiger partial charge in [0.05, 0.1) is 0 Å². The first-order valence-corrected chi connectivity index (χ1v) is 15.5. The highest BCUT2D eigenvalue weighted by Crippen LogP contribution is 2.45. The van der Waals surface area contributed by atoms with E-state index in [4.69, 9.17) is 0 Å². The van der Waals surface area contributed by atoms with Gasteiger partial charge in [0.1, 0.15) is 0 Å². The summed E-state index contributed by atoms with van der Waals surface area (Å²) in [7, 11) is 0. The van der Waals surface area contributed by atoms with Crippen LogP contribution in [0.15, 0.2) is 106 Å². The topological polar surface area (TPSA) is 0 Å². The third-order valence-corrected chi connectivity index (χ3v) is 8.73. The molecule has 0 heteroatoms. The van der Waals surface area contributed by atoms with Gasteiger partial charge in [0.25, 0.3) is 0 Å². The number of rotatable bonds is 10. The van der Waals surface area contributed by atoms with E-state index in [1.807, 2.05) is 0 Å². The van der Waals surface area contributed by atoms with Crippen LogP contribution in [0.4, 0.5) is 0 Å². The second-order valence-corrected chi connectivity index (χ2v) is 12.1. The van der Waals surface area contributed by atoms with E-state index >= 15 is 0 Å². The zero-order chi connectivity index (χ0) is 27.8. The Morgan fingerprint density at radius 2 is 1.49 bits per heavy atom. The predicted molar refractivity (Wildman–Crippen MR) is 172 cm³/mol. The molecule has 0 nitrogen and oxygen atoms in total. The number of aryl methyl sites for hydroxylation is 2. The maximum Gasteiger partial charge on any atom is 0.00326 e. The average Bonchev–Trinajstić information content (AvgIpc) is 2.90. The zero-order valence-electron chi connectivity index (χ0n) is 25.5. The molecule has 2 aliphatic carbocycles. The van der Waals surface area contributed by atoms with Crippen LogP contribution in [0.1, 0.15) is 109 Å². The summed E-state index contributed by atoms with van der Waals surface area (Å²) in [6.45, 7) is 14.0. The van der Waals surface area contributed by atoms with Crippen molar-refractivity contribution >= 4 is 5.57 Å². The van der Waals surface area contributed by atoms with Gasteiger partial charge >= 0.3 is 0 Å². The normalized spacial score (nSPS) is 17.4. The fourth-order valence-electron chi connectivity index (χ4n) is 6.45. The molecular formula is C39H50. The van der Waals surface area contributed by atoms with E-state index in [2.05, 4.69) is 108 Å². The fourth-order valence-corrected chi connectivity index (χ4v) is 6.45. The van der Waals surface area contributed by atoms with Crippen LogP contribution in [0.5, 0.6) is 0 Å². The summed E-state index contributed by atoms with van der Waals surface area (Å²) in [6, 6.07) is 20.5. The SMILES string of the molecule is CC/C=C(C)/C(=C(\C(=C(C)C)C1=C(C)CCCC1)c1ccc(C)cc1)C(C=C1CCC1)CCc1ccccc1. The van der Waals surface area contributed by atoms with Gasteiger partial charge in [0.2, 0.25) is 0 Å². The molecule has 1 saturated carbocycles. The molecule has 1 unspecified atom stereocenters. The lowest BCUT2D eigenvalue weighted by molar-refractivity contribution is 0.616. The third kappa shape index (κ3) is 7.42. The van der Waals surface area contributed by atoms with Gasteiger partial charge in [-0.05, 0) is 132 Å². The van der Waals surface area contributed by atoms with Crippen LogP contribution < -0.4 is 0 Å². The highest BCUT2D eigenvalue weighted by Gasteiger charge is 2.27. The van der Waals surface area contributed by atoms with Crippen LogP contribution in [0.3, 0.4) is 0 Å². The Kier molecular flexibility index (Phi) is 10.4. The van der Waals surface area contributed by atoms with Crippen molar-refractivity contribution < 1.29 is 0 Å². The minimum absolute atomic E-state index is 0.401. The molecule has 1 atom stereocenters. The van der Waals surface area contributed by atoms with Crippen LogP contribution in [-0.4, -0.2) is 0 Å². The molecule has 2 aromatic carbocycles. The minimum Gasteiger partial charge on any atom is -0.0816 e. The predicted octanol–water partition coefficient (Wildman–Crippen LogP) is 11.7. The van der Waals surface area contributed by atoms with Gasteiger partial charge in [-0.15, -0.1) is 0 Å². The molecule has 0 spiro atoms. The van der Waals surface area contributed by atoms with E-state index in [0.29, 0.717) is 5.92 Å². The maximum absolute atomic E-state index is 2.67. The van der Waals surface area contributed by atoms with E-state index < -0.39 is 0 Å². The number of hydrogen-bond acceptors (Lipinski definition) is 0. The molecule has 0 saturated heterocycles. The van der Waals surface area contributed by atoms with Crippen LogP contribution in [-0.2, 0) is 6.42 Å². The monoisotopic (exact) mass is 518 g/mol. The summed E-state index contributed by atoms with van der Waals surface area (Å²) in [5.41, 5.74) is 16.5. The zero-order valence-corrected chi connectivity index (χ0v) is 25.5. The van der Waals surface area contributed by atoms with E-state index in [1.165, 1.54) is 83.9 Å². The molecule has 0 heterocycles. The summed E-state index contributed by atoms with van der Waals surface area (Å²) < 4.78 is 0. The Morgan fingerprint density at radius 1 is 0.795 bits per heavy atom. The molecule has 39 heavy (non-hydrogen) atoms. The molecule has 0 aromatic heterocycles.